The van der Waals surface area contributed by atoms with Crippen LogP contribution in [0.2, 0.25) is 0 Å². The second-order valence-corrected chi connectivity index (χ2v) is 6.33. The Morgan fingerprint density at radius 1 is 1.44 bits per heavy atom. The number of pyridine rings is 1. The number of nitrogens with zero attached hydrogens (tertiary/aromatic N) is 1. The molecular weight excluding hydrogens is 224 g/mol. The Morgan fingerprint density at radius 3 is 2.83 bits per heavy atom. The first kappa shape index (κ1) is 13.1. The molecule has 18 heavy (non-hydrogen) atoms. The maximum atomic E-state index is 12.1. The van der Waals surface area contributed by atoms with Gasteiger partial charge in [0.2, 0.25) is 0 Å². The molecule has 0 unspecified atom stereocenters. The van der Waals surface area contributed by atoms with Crippen molar-refractivity contribution in [1.82, 2.24) is 10.3 Å². The molecule has 2 atom stereocenters. The molecule has 0 bridgehead atoms. The number of carbonyl (C=O) groups is 1. The topological polar surface area (TPSA) is 42.0 Å². The van der Waals surface area contributed by atoms with Crippen LogP contribution in [-0.2, 0) is 0 Å². The van der Waals surface area contributed by atoms with E-state index in [1.807, 2.05) is 0 Å². The fourth-order valence-corrected chi connectivity index (χ4v) is 3.22. The van der Waals surface area contributed by atoms with Gasteiger partial charge < -0.3 is 5.32 Å². The van der Waals surface area contributed by atoms with Crippen molar-refractivity contribution in [3.8, 4) is 0 Å². The molecule has 0 saturated heterocycles. The van der Waals surface area contributed by atoms with Gasteiger partial charge in [-0.1, -0.05) is 20.8 Å². The lowest BCUT2D eigenvalue weighted by Gasteiger charge is -2.39. The second kappa shape index (κ2) is 5.09. The molecule has 1 aromatic rings. The molecule has 0 spiro atoms. The summed E-state index contributed by atoms with van der Waals surface area (Å²) in [6.45, 7) is 6.84. The van der Waals surface area contributed by atoms with Crippen LogP contribution in [0.3, 0.4) is 0 Å². The highest BCUT2D eigenvalue weighted by atomic mass is 16.1. The highest BCUT2D eigenvalue weighted by Crippen LogP contribution is 2.38. The minimum Gasteiger partial charge on any atom is -0.349 e. The Morgan fingerprint density at radius 2 is 2.22 bits per heavy atom. The van der Waals surface area contributed by atoms with Crippen molar-refractivity contribution in [2.24, 2.45) is 11.3 Å². The van der Waals surface area contributed by atoms with Crippen LogP contribution in [0.4, 0.5) is 0 Å². The fourth-order valence-electron chi connectivity index (χ4n) is 3.22. The minimum absolute atomic E-state index is 0.00185. The van der Waals surface area contributed by atoms with Gasteiger partial charge in [-0.2, -0.15) is 0 Å². The van der Waals surface area contributed by atoms with Gasteiger partial charge in [0.25, 0.3) is 5.91 Å². The van der Waals surface area contributed by atoms with Gasteiger partial charge in [-0.05, 0) is 42.7 Å². The number of amides is 1. The van der Waals surface area contributed by atoms with E-state index < -0.39 is 0 Å². The Hall–Kier alpha value is -1.38. The molecule has 3 heteroatoms. The van der Waals surface area contributed by atoms with Crippen LogP contribution < -0.4 is 5.32 Å². The zero-order valence-electron chi connectivity index (χ0n) is 11.4. The number of rotatable bonds is 2. The smallest absolute Gasteiger partial charge is 0.253 e. The molecule has 1 aliphatic carbocycles. The predicted molar refractivity (Wildman–Crippen MR) is 72.3 cm³/mol. The average molecular weight is 246 g/mol. The summed E-state index contributed by atoms with van der Waals surface area (Å²) in [6.07, 6.45) is 6.68. The molecular formula is C15H22N2O. The molecule has 98 valence electrons. The van der Waals surface area contributed by atoms with Gasteiger partial charge in [0.05, 0.1) is 5.56 Å². The predicted octanol–water partition coefficient (Wildman–Crippen LogP) is 3.03. The summed E-state index contributed by atoms with van der Waals surface area (Å²) in [7, 11) is 0. The molecule has 0 aliphatic heterocycles. The van der Waals surface area contributed by atoms with Crippen molar-refractivity contribution in [1.29, 1.82) is 0 Å². The summed E-state index contributed by atoms with van der Waals surface area (Å²) in [4.78, 5) is 16.1. The summed E-state index contributed by atoms with van der Waals surface area (Å²) >= 11 is 0. The van der Waals surface area contributed by atoms with Crippen molar-refractivity contribution in [2.75, 3.05) is 0 Å². The first-order chi connectivity index (χ1) is 8.46. The summed E-state index contributed by atoms with van der Waals surface area (Å²) < 4.78 is 0. The minimum atomic E-state index is -0.00185. The third-order valence-electron chi connectivity index (χ3n) is 3.65. The zero-order chi connectivity index (χ0) is 13.2. The van der Waals surface area contributed by atoms with E-state index in [0.29, 0.717) is 16.9 Å². The van der Waals surface area contributed by atoms with E-state index in [1.54, 1.807) is 24.5 Å². The maximum Gasteiger partial charge on any atom is 0.253 e. The van der Waals surface area contributed by atoms with Crippen LogP contribution in [0.25, 0.3) is 0 Å². The summed E-state index contributed by atoms with van der Waals surface area (Å²) in [5, 5.41) is 3.14. The molecule has 0 aromatic carbocycles. The van der Waals surface area contributed by atoms with Gasteiger partial charge in [-0.15, -0.1) is 0 Å². The van der Waals surface area contributed by atoms with E-state index in [2.05, 4.69) is 31.1 Å². The first-order valence-corrected chi connectivity index (χ1v) is 6.67. The molecule has 1 aliphatic rings. The van der Waals surface area contributed by atoms with Crippen molar-refractivity contribution < 1.29 is 4.79 Å². The van der Waals surface area contributed by atoms with Crippen LogP contribution in [0.15, 0.2) is 24.5 Å². The van der Waals surface area contributed by atoms with Gasteiger partial charge >= 0.3 is 0 Å². The van der Waals surface area contributed by atoms with E-state index in [9.17, 15) is 4.79 Å². The van der Waals surface area contributed by atoms with E-state index in [1.165, 1.54) is 6.42 Å². The summed E-state index contributed by atoms with van der Waals surface area (Å²) in [6, 6.07) is 3.89. The summed E-state index contributed by atoms with van der Waals surface area (Å²) in [5.41, 5.74) is 0.971. The van der Waals surface area contributed by atoms with Crippen LogP contribution in [0.5, 0.6) is 0 Å². The van der Waals surface area contributed by atoms with Crippen LogP contribution in [0.1, 0.15) is 50.4 Å². The second-order valence-electron chi connectivity index (χ2n) is 6.33. The van der Waals surface area contributed by atoms with Gasteiger partial charge in [-0.25, -0.2) is 0 Å². The van der Waals surface area contributed by atoms with Gasteiger partial charge in [0.15, 0.2) is 0 Å². The number of aromatic nitrogens is 1. The SMILES string of the molecule is C[C@@H]1C[C@H](NC(=O)c2cccnc2)CC(C)(C)C1. The monoisotopic (exact) mass is 246 g/mol. The third-order valence-corrected chi connectivity index (χ3v) is 3.65. The Kier molecular flexibility index (Phi) is 3.69. The molecule has 0 radical (unpaired) electrons. The van der Waals surface area contributed by atoms with Gasteiger partial charge in [0, 0.05) is 18.4 Å². The van der Waals surface area contributed by atoms with Crippen molar-refractivity contribution >= 4 is 5.91 Å². The van der Waals surface area contributed by atoms with Gasteiger partial charge in [-0.3, -0.25) is 9.78 Å². The molecule has 1 N–H and O–H groups in total. The van der Waals surface area contributed by atoms with E-state index >= 15 is 0 Å². The molecule has 2 rings (SSSR count). The van der Waals surface area contributed by atoms with Crippen LogP contribution >= 0.6 is 0 Å². The standard InChI is InChI=1S/C15H22N2O/c1-11-7-13(9-15(2,3)8-11)17-14(18)12-5-4-6-16-10-12/h4-6,10-11,13H,7-9H2,1-3H3,(H,17,18)/t11-,13+/m1/s1. The van der Waals surface area contributed by atoms with E-state index in [0.717, 1.165) is 12.8 Å². The molecule has 1 fully saturated rings. The molecule has 1 aromatic heterocycles. The number of hydrogen-bond donors (Lipinski definition) is 1. The third kappa shape index (κ3) is 3.31. The van der Waals surface area contributed by atoms with Crippen molar-refractivity contribution in [3.05, 3.63) is 30.1 Å². The maximum absolute atomic E-state index is 12.1. The lowest BCUT2D eigenvalue weighted by atomic mass is 9.70. The highest BCUT2D eigenvalue weighted by molar-refractivity contribution is 5.94. The highest BCUT2D eigenvalue weighted by Gasteiger charge is 2.32. The van der Waals surface area contributed by atoms with Crippen molar-refractivity contribution in [3.63, 3.8) is 0 Å². The van der Waals surface area contributed by atoms with Crippen molar-refractivity contribution in [2.45, 2.75) is 46.1 Å². The van der Waals surface area contributed by atoms with Crippen LogP contribution in [-0.4, -0.2) is 16.9 Å². The molecule has 1 saturated carbocycles. The summed E-state index contributed by atoms with van der Waals surface area (Å²) in [5.74, 6) is 0.672. The molecule has 1 heterocycles. The van der Waals surface area contributed by atoms with Crippen LogP contribution in [0, 0.1) is 11.3 Å². The fraction of sp³-hybridized carbons (Fsp3) is 0.600. The Bertz CT molecular complexity index is 414. The van der Waals surface area contributed by atoms with E-state index in [4.69, 9.17) is 0 Å². The molecule has 3 nitrogen and oxygen atoms in total. The zero-order valence-corrected chi connectivity index (χ0v) is 11.4. The number of carbonyl (C=O) groups excluding carboxylic acids is 1. The lowest BCUT2D eigenvalue weighted by molar-refractivity contribution is 0.0874. The van der Waals surface area contributed by atoms with Gasteiger partial charge in [0.1, 0.15) is 0 Å². The van der Waals surface area contributed by atoms with E-state index in [-0.39, 0.29) is 11.9 Å². The first-order valence-electron chi connectivity index (χ1n) is 6.67. The lowest BCUT2D eigenvalue weighted by Crippen LogP contribution is -2.43. The largest absolute Gasteiger partial charge is 0.349 e. The quantitative estimate of drug-likeness (QED) is 0.871. The average Bonchev–Trinajstić information content (AvgIpc) is 2.27. The number of hydrogen-bond acceptors (Lipinski definition) is 2. The molecule has 1 amide bonds. The Labute approximate surface area is 109 Å². The number of nitrogens with one attached hydrogen (secondary N) is 1. The Balaban J connectivity index is 1.99. The normalized spacial score (nSPS) is 26.6.